The molecule has 2 aromatic heterocycles. The molecule has 0 aliphatic carbocycles. The van der Waals surface area contributed by atoms with Gasteiger partial charge in [0, 0.05) is 0 Å². The van der Waals surface area contributed by atoms with Gasteiger partial charge in [-0.1, -0.05) is 0 Å². The van der Waals surface area contributed by atoms with Crippen LogP contribution in [0.25, 0.3) is 11.4 Å². The van der Waals surface area contributed by atoms with E-state index >= 15 is 4.39 Å². The number of benzene rings is 1. The van der Waals surface area contributed by atoms with E-state index in [2.05, 4.69) is 24.7 Å². The fraction of sp³-hybridized carbons (Fsp3) is 0.111. The number of aromatic nitrogens is 3. The predicted octanol–water partition coefficient (Wildman–Crippen LogP) is 4.03. The van der Waals surface area contributed by atoms with Crippen molar-refractivity contribution in [2.45, 2.75) is 11.3 Å². The molecule has 3 heterocycles. The van der Waals surface area contributed by atoms with E-state index in [-0.39, 0.29) is 28.0 Å². The molecule has 1 aliphatic heterocycles. The number of nitrogens with zero attached hydrogens (tertiary/aromatic N) is 4. The molecule has 1 unspecified atom stereocenters. The number of aliphatic imine (C=N–C) groups is 1. The van der Waals surface area contributed by atoms with Crippen molar-refractivity contribution >= 4 is 39.1 Å². The first kappa shape index (κ1) is 21.2. The molecule has 0 amide bonds. The molecular weight excluding hydrogens is 454 g/mol. The number of anilines is 1. The third-order valence-electron chi connectivity index (χ3n) is 4.30. The first-order valence-corrected chi connectivity index (χ1v) is 10.5. The van der Waals surface area contributed by atoms with Crippen LogP contribution in [0.3, 0.4) is 0 Å². The van der Waals surface area contributed by atoms with E-state index in [4.69, 9.17) is 22.1 Å². The first-order chi connectivity index (χ1) is 14.7. The Balaban J connectivity index is 1.75. The van der Waals surface area contributed by atoms with E-state index in [0.717, 1.165) is 18.2 Å². The van der Waals surface area contributed by atoms with Gasteiger partial charge in [-0.25, -0.2) is 0 Å². The van der Waals surface area contributed by atoms with Crippen LogP contribution in [0.5, 0.6) is 5.88 Å². The standard InChI is InChI=1S/C18H14ClF2N6O3S/c1-30-18-13(4-8(19)6-24-18)31(28,29)27-10-3-2-9(20)15(16(10)21)17-23-7-12-11(26-17)5-14(22)25-12/h2-4,6-7,27-28H,5H2,1H3,(H2,22,25)/q+1. The molecule has 3 aromatic rings. The van der Waals surface area contributed by atoms with Crippen molar-refractivity contribution in [2.24, 2.45) is 10.7 Å². The molecule has 1 aromatic carbocycles. The minimum absolute atomic E-state index is 0.0627. The molecule has 0 spiro atoms. The minimum atomic E-state index is -4.14. The van der Waals surface area contributed by atoms with Crippen LogP contribution in [-0.4, -0.2) is 32.5 Å². The second kappa shape index (κ2) is 7.89. The Morgan fingerprint density at radius 2 is 2.06 bits per heavy atom. The molecule has 4 rings (SSSR count). The van der Waals surface area contributed by atoms with Crippen LogP contribution in [0.2, 0.25) is 5.02 Å². The molecular formula is C18H14ClF2N6O3S+. The number of methoxy groups -OCH3 is 1. The molecule has 1 atom stereocenters. The normalized spacial score (nSPS) is 14.5. The van der Waals surface area contributed by atoms with Crippen molar-refractivity contribution in [3.05, 3.63) is 52.9 Å². The molecule has 13 heteroatoms. The van der Waals surface area contributed by atoms with Crippen molar-refractivity contribution in [1.29, 1.82) is 0 Å². The summed E-state index contributed by atoms with van der Waals surface area (Å²) in [7, 11) is -2.90. The molecule has 0 fully saturated rings. The van der Waals surface area contributed by atoms with Crippen LogP contribution in [-0.2, 0) is 10.5 Å². The van der Waals surface area contributed by atoms with Crippen LogP contribution in [0.15, 0.2) is 40.5 Å². The molecule has 0 saturated heterocycles. The maximum atomic E-state index is 15.2. The Morgan fingerprint density at radius 1 is 1.29 bits per heavy atom. The van der Waals surface area contributed by atoms with Crippen molar-refractivity contribution in [1.82, 2.24) is 15.0 Å². The Hall–Kier alpha value is -3.06. The van der Waals surface area contributed by atoms with E-state index in [1.807, 2.05) is 0 Å². The maximum absolute atomic E-state index is 15.2. The first-order valence-electron chi connectivity index (χ1n) is 8.61. The number of halogens is 3. The van der Waals surface area contributed by atoms with Gasteiger partial charge in [-0.05, 0) is 0 Å². The second-order valence-corrected chi connectivity index (χ2v) is 8.51. The summed E-state index contributed by atoms with van der Waals surface area (Å²) >= 11 is 5.86. The Labute approximate surface area is 180 Å². The monoisotopic (exact) mass is 467 g/mol. The van der Waals surface area contributed by atoms with Crippen molar-refractivity contribution in [3.63, 3.8) is 0 Å². The number of rotatable bonds is 3. The second-order valence-electron chi connectivity index (χ2n) is 6.38. The zero-order chi connectivity index (χ0) is 22.3. The zero-order valence-electron chi connectivity index (χ0n) is 15.8. The zero-order valence-corrected chi connectivity index (χ0v) is 17.3. The Kier molecular flexibility index (Phi) is 5.39. The molecule has 4 N–H and O–H groups in total. The third kappa shape index (κ3) is 3.97. The number of fused-ring (bicyclic) bond motifs is 1. The van der Waals surface area contributed by atoms with Gasteiger partial charge in [-0.15, -0.1) is 0 Å². The van der Waals surface area contributed by atoms with Crippen LogP contribution in [0.4, 0.5) is 20.2 Å². The van der Waals surface area contributed by atoms with Crippen molar-refractivity contribution < 1.29 is 22.1 Å². The summed E-state index contributed by atoms with van der Waals surface area (Å²) in [6.07, 6.45) is 2.74. The molecule has 0 radical (unpaired) electrons. The SMILES string of the molecule is COc1ncc(Cl)cc1S(#[O+])(O)Nc1ccc(F)c(-c2ncc3c(n2)CC(N)=N3)c1F. The number of hydrogen-bond donors (Lipinski definition) is 3. The van der Waals surface area contributed by atoms with Crippen LogP contribution in [0.1, 0.15) is 5.69 Å². The predicted molar refractivity (Wildman–Crippen MR) is 111 cm³/mol. The molecule has 0 bridgehead atoms. The summed E-state index contributed by atoms with van der Waals surface area (Å²) in [6.45, 7) is 0. The number of amidine groups is 1. The fourth-order valence-electron chi connectivity index (χ4n) is 2.92. The fourth-order valence-corrected chi connectivity index (χ4v) is 4.37. The third-order valence-corrected chi connectivity index (χ3v) is 5.89. The Bertz CT molecular complexity index is 1360. The van der Waals surface area contributed by atoms with Crippen LogP contribution < -0.4 is 15.2 Å². The van der Waals surface area contributed by atoms with Gasteiger partial charge in [0.25, 0.3) is 0 Å². The average molecular weight is 468 g/mol. The van der Waals surface area contributed by atoms with Crippen LogP contribution >= 0.6 is 21.8 Å². The molecule has 9 nitrogen and oxygen atoms in total. The molecule has 1 aliphatic rings. The van der Waals surface area contributed by atoms with Gasteiger partial charge in [0.2, 0.25) is 0 Å². The van der Waals surface area contributed by atoms with E-state index in [0.29, 0.717) is 17.2 Å². The van der Waals surface area contributed by atoms with Gasteiger partial charge in [0.1, 0.15) is 0 Å². The molecule has 0 saturated carbocycles. The van der Waals surface area contributed by atoms with Gasteiger partial charge in [-0.3, -0.25) is 0 Å². The summed E-state index contributed by atoms with van der Waals surface area (Å²) in [5.41, 5.74) is 5.44. The summed E-state index contributed by atoms with van der Waals surface area (Å²) in [5.74, 6) is -2.26. The van der Waals surface area contributed by atoms with Crippen molar-refractivity contribution in [3.8, 4) is 17.3 Å². The number of hydrogen-bond acceptors (Lipinski definition) is 8. The van der Waals surface area contributed by atoms with Gasteiger partial charge < -0.3 is 0 Å². The number of nitrogens with one attached hydrogen (secondary N) is 1. The van der Waals surface area contributed by atoms with E-state index in [1.54, 1.807) is 0 Å². The summed E-state index contributed by atoms with van der Waals surface area (Å²) in [4.78, 5) is 15.6. The molecule has 31 heavy (non-hydrogen) atoms. The van der Waals surface area contributed by atoms with E-state index in [1.165, 1.54) is 19.5 Å². The van der Waals surface area contributed by atoms with Crippen molar-refractivity contribution in [2.75, 3.05) is 11.8 Å². The summed E-state index contributed by atoms with van der Waals surface area (Å²) in [6, 6.07) is 3.05. The quantitative estimate of drug-likeness (QED) is 0.494. The van der Waals surface area contributed by atoms with E-state index < -0.39 is 33.1 Å². The van der Waals surface area contributed by atoms with Gasteiger partial charge in [0.05, 0.1) is 0 Å². The number of ether oxygens (including phenoxy) is 1. The van der Waals surface area contributed by atoms with E-state index in [9.17, 15) is 13.0 Å². The topological polar surface area (TPSA) is 138 Å². The summed E-state index contributed by atoms with van der Waals surface area (Å²) in [5, 5.41) is 0.0627. The van der Waals surface area contributed by atoms with Gasteiger partial charge in [-0.2, -0.15) is 0 Å². The Morgan fingerprint density at radius 3 is 2.81 bits per heavy atom. The number of pyridine rings is 1. The molecule has 160 valence electrons. The van der Waals surface area contributed by atoms with Gasteiger partial charge >= 0.3 is 180 Å². The van der Waals surface area contributed by atoms with Gasteiger partial charge in [0.15, 0.2) is 0 Å². The number of nitrogens with two attached hydrogens (primary N) is 1. The summed E-state index contributed by atoms with van der Waals surface area (Å²) < 4.78 is 60.3. The average Bonchev–Trinajstić information content (AvgIpc) is 3.09. The van der Waals surface area contributed by atoms with Crippen LogP contribution in [0, 0.1) is 11.6 Å².